The number of allylic oxidation sites excluding steroid dienone is 1. The number of nitrogens with one attached hydrogen (secondary N) is 1. The zero-order valence-corrected chi connectivity index (χ0v) is 10.9. The van der Waals surface area contributed by atoms with E-state index >= 15 is 0 Å². The van der Waals surface area contributed by atoms with Gasteiger partial charge < -0.3 is 10.2 Å². The highest BCUT2D eigenvalue weighted by molar-refractivity contribution is 5.55. The van der Waals surface area contributed by atoms with Crippen LogP contribution in [0.3, 0.4) is 0 Å². The average Bonchev–Trinajstić information content (AvgIpc) is 2.77. The van der Waals surface area contributed by atoms with Crippen LogP contribution in [0.15, 0.2) is 19.0 Å². The lowest BCUT2D eigenvalue weighted by atomic mass is 10.0. The van der Waals surface area contributed by atoms with Crippen molar-refractivity contribution in [1.82, 2.24) is 15.3 Å². The second-order valence-corrected chi connectivity index (χ2v) is 5.21. The van der Waals surface area contributed by atoms with Crippen molar-refractivity contribution in [2.24, 2.45) is 0 Å². The predicted molar refractivity (Wildman–Crippen MR) is 73.1 cm³/mol. The summed E-state index contributed by atoms with van der Waals surface area (Å²) in [6, 6.07) is 0. The highest BCUT2D eigenvalue weighted by atomic mass is 15.2. The maximum atomic E-state index is 4.55. The molecule has 18 heavy (non-hydrogen) atoms. The lowest BCUT2D eigenvalue weighted by molar-refractivity contribution is 0.582. The molecule has 0 radical (unpaired) electrons. The van der Waals surface area contributed by atoms with Gasteiger partial charge in [-0.15, -0.1) is 6.58 Å². The molecule has 3 rings (SSSR count). The van der Waals surface area contributed by atoms with Crippen LogP contribution in [-0.4, -0.2) is 36.1 Å². The van der Waals surface area contributed by atoms with Crippen LogP contribution in [-0.2, 0) is 0 Å². The van der Waals surface area contributed by atoms with Crippen molar-refractivity contribution in [1.29, 1.82) is 0 Å². The van der Waals surface area contributed by atoms with Gasteiger partial charge in [-0.25, -0.2) is 9.97 Å². The molecule has 96 valence electrons. The van der Waals surface area contributed by atoms with Gasteiger partial charge in [-0.3, -0.25) is 0 Å². The van der Waals surface area contributed by atoms with E-state index in [1.54, 1.807) is 6.33 Å². The number of rotatable bonds is 2. The van der Waals surface area contributed by atoms with Gasteiger partial charge in [-0.1, -0.05) is 13.0 Å². The summed E-state index contributed by atoms with van der Waals surface area (Å²) in [4.78, 5) is 11.4. The Kier molecular flexibility index (Phi) is 3.04. The first kappa shape index (κ1) is 11.7. The van der Waals surface area contributed by atoms with Crippen molar-refractivity contribution < 1.29 is 0 Å². The third kappa shape index (κ3) is 1.81. The molecule has 4 heteroatoms. The molecule has 0 spiro atoms. The van der Waals surface area contributed by atoms with E-state index in [2.05, 4.69) is 39.8 Å². The lowest BCUT2D eigenvalue weighted by Crippen LogP contribution is -2.44. The van der Waals surface area contributed by atoms with E-state index in [0.717, 1.165) is 38.4 Å². The molecular formula is C14H20N4. The van der Waals surface area contributed by atoms with Crippen molar-refractivity contribution in [3.63, 3.8) is 0 Å². The second kappa shape index (κ2) is 4.69. The summed E-state index contributed by atoms with van der Waals surface area (Å²) in [6.07, 6.45) is 4.90. The maximum Gasteiger partial charge on any atom is 0.136 e. The molecule has 0 bridgehead atoms. The molecule has 4 nitrogen and oxygen atoms in total. The Balaban J connectivity index is 2.02. The van der Waals surface area contributed by atoms with Gasteiger partial charge in [0.2, 0.25) is 0 Å². The fourth-order valence-electron chi connectivity index (χ4n) is 3.10. The minimum absolute atomic E-state index is 0.418. The molecule has 2 aliphatic rings. The van der Waals surface area contributed by atoms with Crippen LogP contribution in [0.25, 0.3) is 0 Å². The first-order valence-electron chi connectivity index (χ1n) is 6.74. The minimum Gasteiger partial charge on any atom is -0.354 e. The van der Waals surface area contributed by atoms with Gasteiger partial charge in [0.05, 0.1) is 5.69 Å². The number of aromatic nitrogens is 2. The van der Waals surface area contributed by atoms with Crippen molar-refractivity contribution in [3.8, 4) is 0 Å². The smallest absolute Gasteiger partial charge is 0.136 e. The van der Waals surface area contributed by atoms with Gasteiger partial charge in [0.25, 0.3) is 0 Å². The quantitative estimate of drug-likeness (QED) is 0.803. The zero-order chi connectivity index (χ0) is 12.5. The van der Waals surface area contributed by atoms with Crippen molar-refractivity contribution in [2.45, 2.75) is 25.2 Å². The Morgan fingerprint density at radius 2 is 2.17 bits per heavy atom. The zero-order valence-electron chi connectivity index (χ0n) is 10.9. The number of piperazine rings is 1. The van der Waals surface area contributed by atoms with E-state index < -0.39 is 0 Å². The summed E-state index contributed by atoms with van der Waals surface area (Å²) < 4.78 is 0. The SMILES string of the molecule is C=C[C@@H]1C[C@@H](C)c2ncnc(N3CCNCC3)c21. The molecule has 2 heterocycles. The van der Waals surface area contributed by atoms with Crippen LogP contribution < -0.4 is 10.2 Å². The summed E-state index contributed by atoms with van der Waals surface area (Å²) in [7, 11) is 0. The van der Waals surface area contributed by atoms with Gasteiger partial charge in [0.1, 0.15) is 12.1 Å². The molecule has 1 aliphatic carbocycles. The highest BCUT2D eigenvalue weighted by Crippen LogP contribution is 2.44. The second-order valence-electron chi connectivity index (χ2n) is 5.21. The number of anilines is 1. The topological polar surface area (TPSA) is 41.1 Å². The van der Waals surface area contributed by atoms with Crippen LogP contribution in [0.4, 0.5) is 5.82 Å². The molecule has 1 aromatic heterocycles. The van der Waals surface area contributed by atoms with Gasteiger partial charge >= 0.3 is 0 Å². The third-order valence-electron chi connectivity index (χ3n) is 4.04. The largest absolute Gasteiger partial charge is 0.354 e. The Bertz CT molecular complexity index is 451. The normalized spacial score (nSPS) is 27.1. The summed E-state index contributed by atoms with van der Waals surface area (Å²) in [6.45, 7) is 10.4. The molecule has 0 aromatic carbocycles. The summed E-state index contributed by atoms with van der Waals surface area (Å²) >= 11 is 0. The molecule has 2 atom stereocenters. The number of hydrogen-bond acceptors (Lipinski definition) is 4. The maximum absolute atomic E-state index is 4.55. The number of fused-ring (bicyclic) bond motifs is 1. The van der Waals surface area contributed by atoms with Crippen molar-refractivity contribution in [2.75, 3.05) is 31.1 Å². The molecule has 1 aliphatic heterocycles. The molecule has 1 fully saturated rings. The minimum atomic E-state index is 0.418. The Labute approximate surface area is 108 Å². The molecule has 0 unspecified atom stereocenters. The van der Waals surface area contributed by atoms with Crippen LogP contribution >= 0.6 is 0 Å². The van der Waals surface area contributed by atoms with E-state index in [0.29, 0.717) is 11.8 Å². The Morgan fingerprint density at radius 3 is 2.89 bits per heavy atom. The third-order valence-corrected chi connectivity index (χ3v) is 4.04. The molecular weight excluding hydrogens is 224 g/mol. The fraction of sp³-hybridized carbons (Fsp3) is 0.571. The first-order valence-corrected chi connectivity index (χ1v) is 6.74. The molecule has 0 saturated carbocycles. The number of hydrogen-bond donors (Lipinski definition) is 1. The average molecular weight is 244 g/mol. The first-order chi connectivity index (χ1) is 8.81. The van der Waals surface area contributed by atoms with E-state index in [1.165, 1.54) is 11.3 Å². The Hall–Kier alpha value is -1.42. The summed E-state index contributed by atoms with van der Waals surface area (Å²) in [5.41, 5.74) is 2.55. The van der Waals surface area contributed by atoms with E-state index in [4.69, 9.17) is 0 Å². The Morgan fingerprint density at radius 1 is 1.39 bits per heavy atom. The lowest BCUT2D eigenvalue weighted by Gasteiger charge is -2.30. The van der Waals surface area contributed by atoms with E-state index in [1.807, 2.05) is 0 Å². The van der Waals surface area contributed by atoms with Gasteiger partial charge in [-0.05, 0) is 12.3 Å². The molecule has 1 N–H and O–H groups in total. The van der Waals surface area contributed by atoms with Gasteiger partial charge in [0, 0.05) is 37.7 Å². The standard InChI is InChI=1S/C14H20N4/c1-3-11-8-10(2)13-12(11)14(17-9-16-13)18-6-4-15-5-7-18/h3,9-11,15H,1,4-8H2,2H3/t10-,11-/m1/s1. The summed E-state index contributed by atoms with van der Waals surface area (Å²) in [5, 5.41) is 3.38. The van der Waals surface area contributed by atoms with Crippen LogP contribution in [0, 0.1) is 0 Å². The van der Waals surface area contributed by atoms with E-state index in [-0.39, 0.29) is 0 Å². The van der Waals surface area contributed by atoms with Crippen molar-refractivity contribution >= 4 is 5.82 Å². The van der Waals surface area contributed by atoms with E-state index in [9.17, 15) is 0 Å². The molecule has 1 saturated heterocycles. The number of nitrogens with zero attached hydrogens (tertiary/aromatic N) is 3. The van der Waals surface area contributed by atoms with Crippen molar-refractivity contribution in [3.05, 3.63) is 30.2 Å². The van der Waals surface area contributed by atoms with Gasteiger partial charge in [-0.2, -0.15) is 0 Å². The van der Waals surface area contributed by atoms with Gasteiger partial charge in [0.15, 0.2) is 0 Å². The fourth-order valence-corrected chi connectivity index (χ4v) is 3.10. The summed E-state index contributed by atoms with van der Waals surface area (Å²) in [5.74, 6) is 2.07. The van der Waals surface area contributed by atoms with Crippen LogP contribution in [0.5, 0.6) is 0 Å². The predicted octanol–water partition coefficient (Wildman–Crippen LogP) is 1.66. The monoisotopic (exact) mass is 244 g/mol. The molecule has 1 aromatic rings. The van der Waals surface area contributed by atoms with Crippen LogP contribution in [0.1, 0.15) is 36.4 Å². The molecule has 0 amide bonds. The highest BCUT2D eigenvalue weighted by Gasteiger charge is 2.32. The van der Waals surface area contributed by atoms with Crippen LogP contribution in [0.2, 0.25) is 0 Å².